The van der Waals surface area contributed by atoms with Crippen LogP contribution in [0.3, 0.4) is 0 Å². The SMILES string of the molecule is C=CCCC(=C)/C=C\C(=C)C(=C)/C=C(/F)C(=C)C(=C)/C=C(/F)C(=C)C(=C)/C=C(/F)C(=C)C(F)(F)OC(=C)/C=C(/F)C(=C)SC#N. The van der Waals surface area contributed by atoms with Gasteiger partial charge in [0.05, 0.1) is 10.5 Å². The maximum Gasteiger partial charge on any atom is 0.428 e. The van der Waals surface area contributed by atoms with Crippen molar-refractivity contribution >= 4 is 11.8 Å². The number of allylic oxidation sites excluding steroid dienone is 17. The van der Waals surface area contributed by atoms with E-state index in [1.807, 2.05) is 0 Å². The van der Waals surface area contributed by atoms with Crippen molar-refractivity contribution in [2.45, 2.75) is 19.0 Å². The molecule has 236 valence electrons. The molecule has 0 fully saturated rings. The highest BCUT2D eigenvalue weighted by molar-refractivity contribution is 8.07. The minimum absolute atomic E-state index is 0.200. The summed E-state index contributed by atoms with van der Waals surface area (Å²) in [6.45, 7) is 38.2. The van der Waals surface area contributed by atoms with Gasteiger partial charge in [0.25, 0.3) is 0 Å². The van der Waals surface area contributed by atoms with Crippen molar-refractivity contribution in [3.05, 3.63) is 193 Å². The van der Waals surface area contributed by atoms with Crippen LogP contribution in [0.1, 0.15) is 12.8 Å². The van der Waals surface area contributed by atoms with Crippen molar-refractivity contribution in [2.75, 3.05) is 0 Å². The van der Waals surface area contributed by atoms with Gasteiger partial charge in [-0.3, -0.25) is 0 Å². The lowest BCUT2D eigenvalue weighted by Gasteiger charge is -2.19. The number of nitriles is 1. The fourth-order valence-corrected chi connectivity index (χ4v) is 2.98. The molecule has 0 radical (unpaired) electrons. The van der Waals surface area contributed by atoms with E-state index >= 15 is 0 Å². The first-order valence-electron chi connectivity index (χ1n) is 12.6. The first kappa shape index (κ1) is 40.1. The van der Waals surface area contributed by atoms with Gasteiger partial charge in [-0.15, -0.1) is 6.58 Å². The Balaban J connectivity index is 5.57. The highest BCUT2D eigenvalue weighted by Crippen LogP contribution is 2.35. The molecule has 0 heterocycles. The zero-order chi connectivity index (χ0) is 35.1. The summed E-state index contributed by atoms with van der Waals surface area (Å²) in [5.74, 6) is -5.83. The lowest BCUT2D eigenvalue weighted by atomic mass is 10.0. The number of hydrogen-bond acceptors (Lipinski definition) is 3. The minimum Gasteiger partial charge on any atom is -0.429 e. The van der Waals surface area contributed by atoms with Gasteiger partial charge >= 0.3 is 6.11 Å². The van der Waals surface area contributed by atoms with Crippen molar-refractivity contribution < 1.29 is 31.1 Å². The van der Waals surface area contributed by atoms with E-state index < -0.39 is 56.8 Å². The standard InChI is InChI=1S/C36H33F6NOS/c1-12-13-14-22(2)15-16-23(3)24(4)17-32(37)28(8)25(5)18-33(38)29(9)26(6)19-34(39)30(10)36(41,42)44-27(7)20-35(40)31(11)45-21-43/h12,15-20H,1-11,13-14H2/b16-15-,32-17+,33-18+,34-19+,35-20+. The van der Waals surface area contributed by atoms with Crippen LogP contribution in [0.5, 0.6) is 0 Å². The summed E-state index contributed by atoms with van der Waals surface area (Å²) in [7, 11) is 0. The molecule has 0 aromatic rings. The predicted molar refractivity (Wildman–Crippen MR) is 176 cm³/mol. The van der Waals surface area contributed by atoms with E-state index in [-0.39, 0.29) is 16.7 Å². The van der Waals surface area contributed by atoms with Gasteiger partial charge in [0.15, 0.2) is 0 Å². The second-order valence-electron chi connectivity index (χ2n) is 9.03. The number of ether oxygens (including phenoxy) is 1. The van der Waals surface area contributed by atoms with Gasteiger partial charge in [0.1, 0.15) is 34.5 Å². The summed E-state index contributed by atoms with van der Waals surface area (Å²) in [6, 6.07) is 0. The van der Waals surface area contributed by atoms with Crippen molar-refractivity contribution in [1.82, 2.24) is 0 Å². The van der Waals surface area contributed by atoms with Gasteiger partial charge in [0.2, 0.25) is 0 Å². The van der Waals surface area contributed by atoms with Gasteiger partial charge in [0, 0.05) is 17.2 Å². The Morgan fingerprint density at radius 1 is 0.689 bits per heavy atom. The summed E-state index contributed by atoms with van der Waals surface area (Å²) < 4.78 is 91.1. The highest BCUT2D eigenvalue weighted by Gasteiger charge is 2.38. The Bertz CT molecular complexity index is 1550. The summed E-state index contributed by atoms with van der Waals surface area (Å²) in [4.78, 5) is -0.396. The number of rotatable bonds is 20. The van der Waals surface area contributed by atoms with Crippen LogP contribution in [-0.2, 0) is 4.74 Å². The molecule has 2 nitrogen and oxygen atoms in total. The summed E-state index contributed by atoms with van der Waals surface area (Å²) in [6.07, 6.45) is 4.67. The van der Waals surface area contributed by atoms with Gasteiger partial charge in [-0.25, -0.2) is 17.6 Å². The van der Waals surface area contributed by atoms with Crippen LogP contribution < -0.4 is 0 Å². The molecule has 9 heteroatoms. The number of alkyl halides is 2. The number of thioether (sulfide) groups is 1. The highest BCUT2D eigenvalue weighted by atomic mass is 32.2. The van der Waals surface area contributed by atoms with E-state index in [9.17, 15) is 26.3 Å². The van der Waals surface area contributed by atoms with Crippen molar-refractivity contribution in [2.24, 2.45) is 0 Å². The van der Waals surface area contributed by atoms with Gasteiger partial charge in [-0.1, -0.05) is 89.6 Å². The smallest absolute Gasteiger partial charge is 0.428 e. The molecule has 45 heavy (non-hydrogen) atoms. The van der Waals surface area contributed by atoms with E-state index in [1.165, 1.54) is 0 Å². The van der Waals surface area contributed by atoms with Gasteiger partial charge in [-0.2, -0.15) is 14.0 Å². The minimum atomic E-state index is -4.42. The average Bonchev–Trinajstić information content (AvgIpc) is 2.96. The molecule has 0 atom stereocenters. The second-order valence-corrected chi connectivity index (χ2v) is 9.91. The van der Waals surface area contributed by atoms with Crippen LogP contribution in [0.4, 0.5) is 26.3 Å². The molecule has 0 aliphatic heterocycles. The van der Waals surface area contributed by atoms with E-state index in [0.29, 0.717) is 35.9 Å². The van der Waals surface area contributed by atoms with Crippen LogP contribution >= 0.6 is 11.8 Å². The predicted octanol–water partition coefficient (Wildman–Crippen LogP) is 12.2. The quantitative estimate of drug-likeness (QED) is 0.0436. The maximum absolute atomic E-state index is 14.8. The van der Waals surface area contributed by atoms with Crippen LogP contribution in [0.15, 0.2) is 193 Å². The lowest BCUT2D eigenvalue weighted by molar-refractivity contribution is -0.177. The Hall–Kier alpha value is -4.94. The van der Waals surface area contributed by atoms with Gasteiger partial charge < -0.3 is 4.74 Å². The molecule has 0 bridgehead atoms. The molecular weight excluding hydrogens is 608 g/mol. The molecule has 0 saturated heterocycles. The molecule has 0 saturated carbocycles. The second kappa shape index (κ2) is 18.7. The molecule has 0 amide bonds. The lowest BCUT2D eigenvalue weighted by Crippen LogP contribution is -2.23. The molecule has 0 aromatic heterocycles. The third-order valence-corrected chi connectivity index (χ3v) is 6.01. The third-order valence-electron chi connectivity index (χ3n) is 5.48. The van der Waals surface area contributed by atoms with Crippen LogP contribution in [0, 0.1) is 10.7 Å². The first-order valence-corrected chi connectivity index (χ1v) is 13.4. The summed E-state index contributed by atoms with van der Waals surface area (Å²) in [5, 5.41) is 10.1. The fourth-order valence-electron chi connectivity index (χ4n) is 2.71. The monoisotopic (exact) mass is 641 g/mol. The van der Waals surface area contributed by atoms with Gasteiger partial charge in [-0.05, 0) is 65.1 Å². The number of halogens is 6. The molecular formula is C36H33F6NOS. The molecule has 0 aromatic carbocycles. The number of thiocyanates is 1. The Kier molecular flexibility index (Phi) is 16.6. The van der Waals surface area contributed by atoms with Crippen LogP contribution in [-0.4, -0.2) is 6.11 Å². The van der Waals surface area contributed by atoms with Crippen molar-refractivity contribution in [3.63, 3.8) is 0 Å². The maximum atomic E-state index is 14.8. The largest absolute Gasteiger partial charge is 0.429 e. The van der Waals surface area contributed by atoms with Crippen LogP contribution in [0.2, 0.25) is 0 Å². The van der Waals surface area contributed by atoms with E-state index in [1.54, 1.807) is 23.6 Å². The first-order chi connectivity index (χ1) is 20.8. The summed E-state index contributed by atoms with van der Waals surface area (Å²) >= 11 is 0.335. The number of nitrogens with zero attached hydrogens (tertiary/aromatic N) is 1. The Morgan fingerprint density at radius 3 is 1.67 bits per heavy atom. The van der Waals surface area contributed by atoms with Crippen molar-refractivity contribution in [1.29, 1.82) is 5.26 Å². The van der Waals surface area contributed by atoms with E-state index in [0.717, 1.165) is 24.1 Å². The Morgan fingerprint density at radius 2 is 1.18 bits per heavy atom. The molecule has 0 aliphatic rings. The topological polar surface area (TPSA) is 33.0 Å². The molecule has 0 unspecified atom stereocenters. The number of hydrogen-bond donors (Lipinski definition) is 0. The molecule has 0 spiro atoms. The van der Waals surface area contributed by atoms with Crippen molar-refractivity contribution in [3.8, 4) is 5.40 Å². The third kappa shape index (κ3) is 13.9. The summed E-state index contributed by atoms with van der Waals surface area (Å²) in [5.41, 5.74) is -1.73. The van der Waals surface area contributed by atoms with E-state index in [2.05, 4.69) is 77.1 Å². The average molecular weight is 642 g/mol. The molecule has 0 rings (SSSR count). The molecule has 0 aliphatic carbocycles. The molecule has 0 N–H and O–H groups in total. The van der Waals surface area contributed by atoms with Crippen LogP contribution in [0.25, 0.3) is 0 Å². The fraction of sp³-hybridized carbons (Fsp3) is 0.0833. The zero-order valence-electron chi connectivity index (χ0n) is 24.8. The van der Waals surface area contributed by atoms with E-state index in [4.69, 9.17) is 5.26 Å². The zero-order valence-corrected chi connectivity index (χ0v) is 25.6. The Labute approximate surface area is 265 Å². The normalized spacial score (nSPS) is 12.6.